The van der Waals surface area contributed by atoms with E-state index in [4.69, 9.17) is 16.3 Å². The fourth-order valence-electron chi connectivity index (χ4n) is 3.15. The molecule has 2 heterocycles. The predicted octanol–water partition coefficient (Wildman–Crippen LogP) is 3.94. The van der Waals surface area contributed by atoms with E-state index < -0.39 is 0 Å². The number of carbonyl (C=O) groups is 1. The summed E-state index contributed by atoms with van der Waals surface area (Å²) in [5, 5.41) is 3.64. The lowest BCUT2D eigenvalue weighted by Crippen LogP contribution is -2.26. The van der Waals surface area contributed by atoms with Gasteiger partial charge in [-0.1, -0.05) is 53.2 Å². The molecule has 168 valence electrons. The molecule has 0 fully saturated rings. The molecular weight excluding hydrogens is 462 g/mol. The second-order valence-corrected chi connectivity index (χ2v) is 8.56. The molecule has 2 aromatic heterocycles. The Morgan fingerprint density at radius 2 is 1.91 bits per heavy atom. The van der Waals surface area contributed by atoms with Crippen molar-refractivity contribution in [2.75, 3.05) is 18.2 Å². The first-order chi connectivity index (χ1) is 15.9. The summed E-state index contributed by atoms with van der Waals surface area (Å²) in [6, 6.07) is 12.8. The number of rotatable bonds is 7. The van der Waals surface area contributed by atoms with Gasteiger partial charge in [-0.25, -0.2) is 15.0 Å². The summed E-state index contributed by atoms with van der Waals surface area (Å²) in [6.45, 7) is 2.29. The minimum Gasteiger partial charge on any atom is -0.495 e. The number of anilines is 1. The zero-order chi connectivity index (χ0) is 23.4. The quantitative estimate of drug-likeness (QED) is 0.315. The molecule has 10 heteroatoms. The topological polar surface area (TPSA) is 99.0 Å². The first-order valence-corrected chi connectivity index (χ1v) is 11.3. The summed E-state index contributed by atoms with van der Waals surface area (Å²) >= 11 is 7.18. The van der Waals surface area contributed by atoms with Crippen molar-refractivity contribution in [2.45, 2.75) is 18.6 Å². The zero-order valence-electron chi connectivity index (χ0n) is 17.9. The lowest BCUT2D eigenvalue weighted by Gasteiger charge is -2.13. The molecule has 2 aromatic carbocycles. The Morgan fingerprint density at radius 1 is 1.15 bits per heavy atom. The van der Waals surface area contributed by atoms with Crippen molar-refractivity contribution in [3.63, 3.8) is 0 Å². The van der Waals surface area contributed by atoms with E-state index in [1.807, 2.05) is 31.2 Å². The largest absolute Gasteiger partial charge is 0.495 e. The number of aryl methyl sites for hydroxylation is 1. The maximum atomic E-state index is 13.2. The molecular formula is C23H20ClN5O3S. The number of thioether (sulfide) groups is 1. The third-order valence-electron chi connectivity index (χ3n) is 4.79. The second kappa shape index (κ2) is 10.0. The standard InChI is InChI=1S/C23H20ClN5O3S/c1-14-3-5-15(6-4-14)12-29-22(31)20-21(26-10-9-25-20)28-23(29)33-13-19(30)27-17-11-16(24)7-8-18(17)32-2/h3-11H,12-13H2,1-2H3,(H,27,30). The molecule has 0 aliphatic heterocycles. The molecule has 0 aliphatic rings. The third kappa shape index (κ3) is 5.32. The number of amides is 1. The molecule has 0 bridgehead atoms. The Morgan fingerprint density at radius 3 is 2.67 bits per heavy atom. The summed E-state index contributed by atoms with van der Waals surface area (Å²) < 4.78 is 6.78. The number of hydrogen-bond donors (Lipinski definition) is 1. The Hall–Kier alpha value is -3.43. The molecule has 1 N–H and O–H groups in total. The van der Waals surface area contributed by atoms with Gasteiger partial charge in [-0.3, -0.25) is 14.2 Å². The van der Waals surface area contributed by atoms with Crippen LogP contribution in [0.5, 0.6) is 5.75 Å². The van der Waals surface area contributed by atoms with Gasteiger partial charge in [-0.05, 0) is 30.7 Å². The normalized spacial score (nSPS) is 10.9. The smallest absolute Gasteiger partial charge is 0.282 e. The van der Waals surface area contributed by atoms with Gasteiger partial charge in [0.2, 0.25) is 5.91 Å². The average molecular weight is 482 g/mol. The van der Waals surface area contributed by atoms with Crippen molar-refractivity contribution in [1.82, 2.24) is 19.5 Å². The maximum Gasteiger partial charge on any atom is 0.282 e. The summed E-state index contributed by atoms with van der Waals surface area (Å²) in [5.74, 6) is 0.214. The van der Waals surface area contributed by atoms with Crippen molar-refractivity contribution in [3.05, 3.63) is 81.4 Å². The third-order valence-corrected chi connectivity index (χ3v) is 6.00. The van der Waals surface area contributed by atoms with Crippen molar-refractivity contribution < 1.29 is 9.53 Å². The highest BCUT2D eigenvalue weighted by Crippen LogP contribution is 2.28. The highest BCUT2D eigenvalue weighted by atomic mass is 35.5. The molecule has 0 saturated carbocycles. The van der Waals surface area contributed by atoms with Crippen molar-refractivity contribution in [1.29, 1.82) is 0 Å². The van der Waals surface area contributed by atoms with Gasteiger partial charge in [0.15, 0.2) is 16.3 Å². The van der Waals surface area contributed by atoms with E-state index in [0.717, 1.165) is 22.9 Å². The van der Waals surface area contributed by atoms with Gasteiger partial charge in [0.25, 0.3) is 5.56 Å². The second-order valence-electron chi connectivity index (χ2n) is 7.18. The van der Waals surface area contributed by atoms with Crippen molar-refractivity contribution in [3.8, 4) is 5.75 Å². The summed E-state index contributed by atoms with van der Waals surface area (Å²) in [6.07, 6.45) is 2.94. The van der Waals surface area contributed by atoms with Gasteiger partial charge in [0.1, 0.15) is 5.75 Å². The Balaban J connectivity index is 1.61. The van der Waals surface area contributed by atoms with Gasteiger partial charge in [-0.2, -0.15) is 0 Å². The van der Waals surface area contributed by atoms with Gasteiger partial charge >= 0.3 is 0 Å². The minimum atomic E-state index is -0.312. The van der Waals surface area contributed by atoms with E-state index in [0.29, 0.717) is 28.2 Å². The van der Waals surface area contributed by atoms with E-state index in [9.17, 15) is 9.59 Å². The Kier molecular flexibility index (Phi) is 6.90. The van der Waals surface area contributed by atoms with Crippen LogP contribution < -0.4 is 15.6 Å². The molecule has 0 unspecified atom stereocenters. The van der Waals surface area contributed by atoms with E-state index in [1.54, 1.807) is 18.2 Å². The Labute approximate surface area is 199 Å². The van der Waals surface area contributed by atoms with Crippen LogP contribution >= 0.6 is 23.4 Å². The fourth-order valence-corrected chi connectivity index (χ4v) is 4.11. The maximum absolute atomic E-state index is 13.2. The lowest BCUT2D eigenvalue weighted by molar-refractivity contribution is -0.113. The predicted molar refractivity (Wildman–Crippen MR) is 129 cm³/mol. The number of methoxy groups -OCH3 is 1. The van der Waals surface area contributed by atoms with E-state index in [-0.39, 0.29) is 28.4 Å². The fraction of sp³-hybridized carbons (Fsp3) is 0.174. The lowest BCUT2D eigenvalue weighted by atomic mass is 10.1. The number of hydrogen-bond acceptors (Lipinski definition) is 7. The first kappa shape index (κ1) is 22.8. The van der Waals surface area contributed by atoms with Gasteiger partial charge in [0, 0.05) is 17.4 Å². The number of benzene rings is 2. The van der Waals surface area contributed by atoms with Crippen molar-refractivity contribution >= 4 is 46.1 Å². The Bertz CT molecular complexity index is 1380. The molecule has 4 aromatic rings. The highest BCUT2D eigenvalue weighted by Gasteiger charge is 2.16. The average Bonchev–Trinajstić information content (AvgIpc) is 2.81. The minimum absolute atomic E-state index is 0.0156. The van der Waals surface area contributed by atoms with Crippen LogP contribution in [-0.2, 0) is 11.3 Å². The van der Waals surface area contributed by atoms with Gasteiger partial charge in [-0.15, -0.1) is 0 Å². The van der Waals surface area contributed by atoms with Crippen molar-refractivity contribution in [2.24, 2.45) is 0 Å². The summed E-state index contributed by atoms with van der Waals surface area (Å²) in [4.78, 5) is 38.6. The van der Waals surface area contributed by atoms with Crippen LogP contribution in [0.25, 0.3) is 11.2 Å². The van der Waals surface area contributed by atoms with E-state index >= 15 is 0 Å². The van der Waals surface area contributed by atoms with Gasteiger partial charge in [0.05, 0.1) is 25.1 Å². The number of carbonyl (C=O) groups excluding carboxylic acids is 1. The number of fused-ring (bicyclic) bond motifs is 1. The van der Waals surface area contributed by atoms with Crippen LogP contribution in [0.3, 0.4) is 0 Å². The number of ether oxygens (including phenoxy) is 1. The summed E-state index contributed by atoms with van der Waals surface area (Å²) in [5.41, 5.74) is 2.63. The molecule has 33 heavy (non-hydrogen) atoms. The van der Waals surface area contributed by atoms with E-state index in [1.165, 1.54) is 24.1 Å². The highest BCUT2D eigenvalue weighted by molar-refractivity contribution is 7.99. The number of halogens is 1. The van der Waals surface area contributed by atoms with E-state index in [2.05, 4.69) is 20.3 Å². The molecule has 0 aliphatic carbocycles. The van der Waals surface area contributed by atoms with Crippen LogP contribution in [0.4, 0.5) is 5.69 Å². The monoisotopic (exact) mass is 481 g/mol. The molecule has 0 spiro atoms. The molecule has 1 amide bonds. The van der Waals surface area contributed by atoms with Crippen LogP contribution in [0.1, 0.15) is 11.1 Å². The molecule has 0 atom stereocenters. The molecule has 0 radical (unpaired) electrons. The molecule has 8 nitrogen and oxygen atoms in total. The van der Waals surface area contributed by atoms with Crippen LogP contribution in [0.2, 0.25) is 5.02 Å². The van der Waals surface area contributed by atoms with Gasteiger partial charge < -0.3 is 10.1 Å². The number of aromatic nitrogens is 4. The number of nitrogens with zero attached hydrogens (tertiary/aromatic N) is 4. The van der Waals surface area contributed by atoms with Crippen LogP contribution in [0, 0.1) is 6.92 Å². The summed E-state index contributed by atoms with van der Waals surface area (Å²) in [7, 11) is 1.51. The first-order valence-electron chi connectivity index (χ1n) is 9.98. The molecule has 0 saturated heterocycles. The van der Waals surface area contributed by atoms with Crippen LogP contribution in [-0.4, -0.2) is 38.3 Å². The molecule has 4 rings (SSSR count). The SMILES string of the molecule is COc1ccc(Cl)cc1NC(=O)CSc1nc2nccnc2c(=O)n1Cc1ccc(C)cc1. The number of nitrogens with one attached hydrogen (secondary N) is 1. The van der Waals surface area contributed by atoms with Crippen LogP contribution in [0.15, 0.2) is 64.8 Å². The zero-order valence-corrected chi connectivity index (χ0v) is 19.5.